The number of carbonyl (C=O) groups excluding carboxylic acids is 1. The Morgan fingerprint density at radius 2 is 1.97 bits per heavy atom. The zero-order valence-electron chi connectivity index (χ0n) is 19.9. The number of nitrogens with one attached hydrogen (secondary N) is 1. The third-order valence-corrected chi connectivity index (χ3v) is 7.04. The van der Waals surface area contributed by atoms with Crippen LogP contribution >= 0.6 is 27.5 Å². The van der Waals surface area contributed by atoms with E-state index >= 15 is 0 Å². The average Bonchev–Trinajstić information content (AvgIpc) is 3.55. The fourth-order valence-electron chi connectivity index (χ4n) is 4.20. The highest BCUT2D eigenvalue weighted by atomic mass is 79.9. The molecule has 0 radical (unpaired) electrons. The van der Waals surface area contributed by atoms with Gasteiger partial charge < -0.3 is 5.32 Å². The highest BCUT2D eigenvalue weighted by Crippen LogP contribution is 2.31. The van der Waals surface area contributed by atoms with Crippen molar-refractivity contribution in [3.05, 3.63) is 74.7 Å². The Kier molecular flexibility index (Phi) is 8.19. The van der Waals surface area contributed by atoms with Gasteiger partial charge in [0.05, 0.1) is 23.3 Å². The molecule has 0 spiro atoms. The molecule has 1 heterocycles. The van der Waals surface area contributed by atoms with Crippen LogP contribution in [0.15, 0.2) is 46.9 Å². The van der Waals surface area contributed by atoms with Crippen LogP contribution in [-0.2, 0) is 6.54 Å². The van der Waals surface area contributed by atoms with Gasteiger partial charge in [-0.2, -0.15) is 0 Å². The summed E-state index contributed by atoms with van der Waals surface area (Å²) in [4.78, 5) is 15.9. The second-order valence-corrected chi connectivity index (χ2v) is 10.4. The first-order valence-electron chi connectivity index (χ1n) is 11.8. The molecule has 1 unspecified atom stereocenters. The molecule has 3 aromatic rings. The lowest BCUT2D eigenvalue weighted by Gasteiger charge is -2.25. The van der Waals surface area contributed by atoms with Gasteiger partial charge in [0, 0.05) is 15.6 Å². The molecule has 1 N–H and O–H groups in total. The van der Waals surface area contributed by atoms with Crippen molar-refractivity contribution in [1.29, 1.82) is 0 Å². The molecule has 34 heavy (non-hydrogen) atoms. The highest BCUT2D eigenvalue weighted by molar-refractivity contribution is 9.10. The number of hydrogen-bond donors (Lipinski definition) is 1. The van der Waals surface area contributed by atoms with Crippen molar-refractivity contribution in [1.82, 2.24) is 25.0 Å². The summed E-state index contributed by atoms with van der Waals surface area (Å²) >= 11 is 9.96. The Balaban J connectivity index is 1.84. The van der Waals surface area contributed by atoms with Gasteiger partial charge in [0.2, 0.25) is 0 Å². The number of aromatic nitrogens is 3. The van der Waals surface area contributed by atoms with Crippen LogP contribution in [0.5, 0.6) is 0 Å². The van der Waals surface area contributed by atoms with Gasteiger partial charge in [-0.1, -0.05) is 53.0 Å². The van der Waals surface area contributed by atoms with E-state index < -0.39 is 0 Å². The molecular weight excluding hydrogens is 514 g/mol. The topological polar surface area (TPSA) is 63.1 Å². The maximum atomic E-state index is 13.7. The first-order chi connectivity index (χ1) is 16.4. The Bertz CT molecular complexity index is 1160. The number of rotatable bonds is 11. The van der Waals surface area contributed by atoms with Crippen molar-refractivity contribution < 1.29 is 4.79 Å². The van der Waals surface area contributed by atoms with Crippen LogP contribution in [-0.4, -0.2) is 46.1 Å². The first-order valence-corrected chi connectivity index (χ1v) is 13.0. The fraction of sp³-hybridized carbons (Fsp3) is 0.423. The van der Waals surface area contributed by atoms with E-state index in [0.717, 1.165) is 47.1 Å². The maximum Gasteiger partial charge on any atom is 0.196 e. The van der Waals surface area contributed by atoms with Gasteiger partial charge in [-0.05, 0) is 76.2 Å². The second-order valence-electron chi connectivity index (χ2n) is 9.12. The smallest absolute Gasteiger partial charge is 0.196 e. The largest absolute Gasteiger partial charge is 0.310 e. The summed E-state index contributed by atoms with van der Waals surface area (Å²) in [6, 6.07) is 13.0. The molecule has 0 aliphatic heterocycles. The number of halogens is 2. The molecule has 1 aromatic heterocycles. The van der Waals surface area contributed by atoms with Crippen LogP contribution in [0.4, 0.5) is 0 Å². The molecule has 1 fully saturated rings. The number of carbonyl (C=O) groups is 1. The van der Waals surface area contributed by atoms with Crippen molar-refractivity contribution >= 4 is 33.3 Å². The molecule has 1 saturated carbocycles. The average molecular weight is 545 g/mol. The van der Waals surface area contributed by atoms with E-state index in [9.17, 15) is 4.79 Å². The zero-order valence-corrected chi connectivity index (χ0v) is 22.2. The second kappa shape index (κ2) is 11.1. The number of ketones is 1. The van der Waals surface area contributed by atoms with Crippen LogP contribution in [0.1, 0.15) is 66.2 Å². The number of benzene rings is 2. The van der Waals surface area contributed by atoms with E-state index in [4.69, 9.17) is 11.6 Å². The standard InChI is InChI=1S/C26H31BrClN5O/c1-4-7-23(32(2)3)26-31-30-24(16-29-15-17-10-11-17)33(26)22-13-12-18(27)14-20(22)25(34)19-8-5-6-9-21(19)28/h5-6,8-9,12-14,17,23,29H,4,7,10-11,15-16H2,1-3H3. The summed E-state index contributed by atoms with van der Waals surface area (Å²) in [6.07, 6.45) is 4.52. The third-order valence-electron chi connectivity index (χ3n) is 6.21. The zero-order chi connectivity index (χ0) is 24.2. The summed E-state index contributed by atoms with van der Waals surface area (Å²) in [6.45, 7) is 3.73. The fourth-order valence-corrected chi connectivity index (χ4v) is 4.78. The molecule has 0 amide bonds. The van der Waals surface area contributed by atoms with Gasteiger partial charge in [0.25, 0.3) is 0 Å². The summed E-state index contributed by atoms with van der Waals surface area (Å²) in [5, 5.41) is 13.2. The summed E-state index contributed by atoms with van der Waals surface area (Å²) < 4.78 is 2.89. The lowest BCUT2D eigenvalue weighted by molar-refractivity contribution is 0.103. The van der Waals surface area contributed by atoms with E-state index in [-0.39, 0.29) is 11.8 Å². The normalized spacial score (nSPS) is 14.5. The molecule has 2 aromatic carbocycles. The molecular formula is C26H31BrClN5O. The third kappa shape index (κ3) is 5.60. The first kappa shape index (κ1) is 25.0. The SMILES string of the molecule is CCCC(c1nnc(CNCC2CC2)n1-c1ccc(Br)cc1C(=O)c1ccccc1Cl)N(C)C. The Hall–Kier alpha value is -2.06. The Morgan fingerprint density at radius 3 is 2.65 bits per heavy atom. The minimum atomic E-state index is -0.129. The monoisotopic (exact) mass is 543 g/mol. The molecule has 6 nitrogen and oxygen atoms in total. The van der Waals surface area contributed by atoms with Crippen LogP contribution in [0, 0.1) is 5.92 Å². The molecule has 4 rings (SSSR count). The maximum absolute atomic E-state index is 13.7. The minimum absolute atomic E-state index is 0.0709. The molecule has 8 heteroatoms. The van der Waals surface area contributed by atoms with Crippen LogP contribution < -0.4 is 5.32 Å². The van der Waals surface area contributed by atoms with Crippen LogP contribution in [0.25, 0.3) is 5.69 Å². The predicted octanol–water partition coefficient (Wildman–Crippen LogP) is 5.82. The molecule has 1 aliphatic carbocycles. The lowest BCUT2D eigenvalue weighted by atomic mass is 10.0. The van der Waals surface area contributed by atoms with Gasteiger partial charge in [-0.15, -0.1) is 10.2 Å². The van der Waals surface area contributed by atoms with Crippen molar-refractivity contribution in [3.8, 4) is 5.69 Å². The van der Waals surface area contributed by atoms with E-state index in [2.05, 4.69) is 61.9 Å². The minimum Gasteiger partial charge on any atom is -0.310 e. The summed E-state index contributed by atoms with van der Waals surface area (Å²) in [5.41, 5.74) is 1.80. The van der Waals surface area contributed by atoms with Gasteiger partial charge in [-0.25, -0.2) is 0 Å². The summed E-state index contributed by atoms with van der Waals surface area (Å²) in [5.74, 6) is 2.27. The van der Waals surface area contributed by atoms with E-state index in [0.29, 0.717) is 22.7 Å². The summed E-state index contributed by atoms with van der Waals surface area (Å²) in [7, 11) is 4.11. The lowest BCUT2D eigenvalue weighted by Crippen LogP contribution is -2.25. The van der Waals surface area contributed by atoms with Crippen LogP contribution in [0.2, 0.25) is 5.02 Å². The van der Waals surface area contributed by atoms with Gasteiger partial charge in [0.1, 0.15) is 0 Å². The molecule has 1 aliphatic rings. The highest BCUT2D eigenvalue weighted by Gasteiger charge is 2.27. The van der Waals surface area contributed by atoms with Crippen molar-refractivity contribution in [3.63, 3.8) is 0 Å². The quantitative estimate of drug-likeness (QED) is 0.308. The molecule has 0 saturated heterocycles. The van der Waals surface area contributed by atoms with Crippen molar-refractivity contribution in [2.45, 2.75) is 45.2 Å². The van der Waals surface area contributed by atoms with Crippen LogP contribution in [0.3, 0.4) is 0 Å². The van der Waals surface area contributed by atoms with E-state index in [1.165, 1.54) is 12.8 Å². The van der Waals surface area contributed by atoms with Gasteiger partial charge >= 0.3 is 0 Å². The van der Waals surface area contributed by atoms with Crippen molar-refractivity contribution in [2.24, 2.45) is 5.92 Å². The molecule has 180 valence electrons. The van der Waals surface area contributed by atoms with Crippen molar-refractivity contribution in [2.75, 3.05) is 20.6 Å². The molecule has 0 bridgehead atoms. The Labute approximate surface area is 214 Å². The number of nitrogens with zero attached hydrogens (tertiary/aromatic N) is 4. The number of hydrogen-bond acceptors (Lipinski definition) is 5. The Morgan fingerprint density at radius 1 is 1.21 bits per heavy atom. The van der Waals surface area contributed by atoms with Gasteiger partial charge in [-0.3, -0.25) is 14.3 Å². The van der Waals surface area contributed by atoms with E-state index in [1.807, 2.05) is 30.3 Å². The van der Waals surface area contributed by atoms with Gasteiger partial charge in [0.15, 0.2) is 17.4 Å². The van der Waals surface area contributed by atoms with E-state index in [1.54, 1.807) is 12.1 Å². The predicted molar refractivity (Wildman–Crippen MR) is 140 cm³/mol. The molecule has 1 atom stereocenters.